The largest absolute Gasteiger partial charge is 0.328 e. The van der Waals surface area contributed by atoms with Gasteiger partial charge in [-0.2, -0.15) is 0 Å². The fourth-order valence-corrected chi connectivity index (χ4v) is 6.75. The molecule has 3 amide bonds. The first kappa shape index (κ1) is 22.3. The molecular weight excluding hydrogens is 468 g/mol. The van der Waals surface area contributed by atoms with Crippen LogP contribution in [-0.2, 0) is 19.9 Å². The molecule has 9 heteroatoms. The van der Waals surface area contributed by atoms with E-state index < -0.39 is 29.1 Å². The Morgan fingerprint density at radius 1 is 1.15 bits per heavy atom. The molecule has 2 aromatic rings. The molecule has 3 heterocycles. The fraction of sp³-hybridized carbons (Fsp3) is 0.375. The number of fused-ring (bicyclic) bond motifs is 3. The predicted octanol–water partition coefficient (Wildman–Crippen LogP) is 4.51. The van der Waals surface area contributed by atoms with Gasteiger partial charge in [0.05, 0.1) is 28.7 Å². The standard InChI is InChI=1S/C24H22Cl2FN3O3/c1-12-5-6-16(27)19(21(12)28-11-31)24(2)20-18(17-4-3-7-29(17)24)22(32)30(23(20)33)15-9-13(25)8-14(26)10-15/h5-6,8-11,17-18,20H,3-4,7H2,1-2H3,(H,28,31). The lowest BCUT2D eigenvalue weighted by Crippen LogP contribution is -2.49. The minimum atomic E-state index is -1.13. The minimum absolute atomic E-state index is 0.208. The average molecular weight is 490 g/mol. The van der Waals surface area contributed by atoms with Crippen LogP contribution in [0.2, 0.25) is 10.0 Å². The van der Waals surface area contributed by atoms with Gasteiger partial charge in [-0.05, 0) is 63.1 Å². The molecule has 1 N–H and O–H groups in total. The number of hydrogen-bond acceptors (Lipinski definition) is 4. The predicted molar refractivity (Wildman–Crippen MR) is 124 cm³/mol. The van der Waals surface area contributed by atoms with Crippen molar-refractivity contribution >= 4 is 52.8 Å². The third kappa shape index (κ3) is 3.06. The highest BCUT2D eigenvalue weighted by Crippen LogP contribution is 2.59. The van der Waals surface area contributed by atoms with Gasteiger partial charge in [0.1, 0.15) is 5.82 Å². The van der Waals surface area contributed by atoms with Crippen molar-refractivity contribution in [3.05, 3.63) is 57.3 Å². The summed E-state index contributed by atoms with van der Waals surface area (Å²) < 4.78 is 15.5. The Morgan fingerprint density at radius 3 is 2.52 bits per heavy atom. The molecule has 0 saturated carbocycles. The van der Waals surface area contributed by atoms with E-state index in [1.165, 1.54) is 24.3 Å². The number of aryl methyl sites for hydroxylation is 1. The van der Waals surface area contributed by atoms with Crippen molar-refractivity contribution in [3.63, 3.8) is 0 Å². The van der Waals surface area contributed by atoms with Crippen LogP contribution in [0.25, 0.3) is 0 Å². The Labute approximate surface area is 200 Å². The summed E-state index contributed by atoms with van der Waals surface area (Å²) in [6.45, 7) is 4.21. The molecule has 33 heavy (non-hydrogen) atoms. The second kappa shape index (κ2) is 7.79. The molecule has 4 unspecified atom stereocenters. The first-order valence-electron chi connectivity index (χ1n) is 10.8. The molecular formula is C24H22Cl2FN3O3. The molecule has 3 aliphatic heterocycles. The number of rotatable bonds is 4. The van der Waals surface area contributed by atoms with Gasteiger partial charge in [-0.3, -0.25) is 19.3 Å². The lowest BCUT2D eigenvalue weighted by molar-refractivity contribution is -0.125. The zero-order chi connectivity index (χ0) is 23.7. The lowest BCUT2D eigenvalue weighted by atomic mass is 9.74. The molecule has 3 saturated heterocycles. The molecule has 5 rings (SSSR count). The smallest absolute Gasteiger partial charge is 0.239 e. The average Bonchev–Trinajstić information content (AvgIpc) is 3.38. The maximum absolute atomic E-state index is 15.5. The highest BCUT2D eigenvalue weighted by molar-refractivity contribution is 6.35. The Hall–Kier alpha value is -2.48. The lowest BCUT2D eigenvalue weighted by Gasteiger charge is -2.40. The van der Waals surface area contributed by atoms with Crippen LogP contribution in [0, 0.1) is 24.6 Å². The molecule has 0 aromatic heterocycles. The monoisotopic (exact) mass is 489 g/mol. The van der Waals surface area contributed by atoms with E-state index >= 15 is 4.39 Å². The summed E-state index contributed by atoms with van der Waals surface area (Å²) in [6.07, 6.45) is 2.06. The highest BCUT2D eigenvalue weighted by atomic mass is 35.5. The second-order valence-electron chi connectivity index (χ2n) is 9.07. The summed E-state index contributed by atoms with van der Waals surface area (Å²) in [7, 11) is 0. The van der Waals surface area contributed by atoms with Gasteiger partial charge in [-0.1, -0.05) is 29.3 Å². The van der Waals surface area contributed by atoms with Crippen molar-refractivity contribution in [1.82, 2.24) is 4.90 Å². The Bertz CT molecular complexity index is 1190. The summed E-state index contributed by atoms with van der Waals surface area (Å²) in [5, 5.41) is 3.25. The minimum Gasteiger partial charge on any atom is -0.328 e. The number of carbonyl (C=O) groups excluding carboxylic acids is 3. The zero-order valence-corrected chi connectivity index (χ0v) is 19.6. The van der Waals surface area contributed by atoms with Gasteiger partial charge in [-0.15, -0.1) is 0 Å². The Balaban J connectivity index is 1.71. The van der Waals surface area contributed by atoms with E-state index in [0.717, 1.165) is 17.7 Å². The van der Waals surface area contributed by atoms with Crippen LogP contribution in [0.5, 0.6) is 0 Å². The van der Waals surface area contributed by atoms with E-state index in [9.17, 15) is 14.4 Å². The Kier molecular flexibility index (Phi) is 5.27. The van der Waals surface area contributed by atoms with E-state index in [1.807, 2.05) is 6.92 Å². The first-order valence-corrected chi connectivity index (χ1v) is 11.6. The summed E-state index contributed by atoms with van der Waals surface area (Å²) >= 11 is 12.3. The molecule has 0 radical (unpaired) electrons. The van der Waals surface area contributed by atoms with Crippen molar-refractivity contribution in [2.24, 2.45) is 11.8 Å². The van der Waals surface area contributed by atoms with Crippen LogP contribution in [0.15, 0.2) is 30.3 Å². The zero-order valence-electron chi connectivity index (χ0n) is 18.1. The number of nitrogens with one attached hydrogen (secondary N) is 1. The van der Waals surface area contributed by atoms with E-state index in [0.29, 0.717) is 39.9 Å². The van der Waals surface area contributed by atoms with Crippen molar-refractivity contribution in [2.75, 3.05) is 16.8 Å². The molecule has 6 nitrogen and oxygen atoms in total. The quantitative estimate of drug-likeness (QED) is 0.506. The molecule has 0 spiro atoms. The maximum Gasteiger partial charge on any atom is 0.239 e. The normalized spacial score (nSPS) is 28.9. The van der Waals surface area contributed by atoms with Crippen LogP contribution in [0.1, 0.15) is 30.9 Å². The van der Waals surface area contributed by atoms with Gasteiger partial charge in [0, 0.05) is 21.7 Å². The molecule has 4 atom stereocenters. The number of anilines is 2. The first-order chi connectivity index (χ1) is 15.7. The van der Waals surface area contributed by atoms with Gasteiger partial charge in [0.15, 0.2) is 0 Å². The van der Waals surface area contributed by atoms with Crippen LogP contribution < -0.4 is 10.2 Å². The summed E-state index contributed by atoms with van der Waals surface area (Å²) in [4.78, 5) is 42.2. The number of benzene rings is 2. The molecule has 2 aromatic carbocycles. The molecule has 172 valence electrons. The number of halogens is 3. The van der Waals surface area contributed by atoms with E-state index in [1.54, 1.807) is 13.0 Å². The fourth-order valence-electron chi connectivity index (χ4n) is 6.23. The van der Waals surface area contributed by atoms with Crippen molar-refractivity contribution < 1.29 is 18.8 Å². The van der Waals surface area contributed by atoms with Gasteiger partial charge < -0.3 is 5.32 Å². The van der Waals surface area contributed by atoms with E-state index in [4.69, 9.17) is 23.2 Å². The van der Waals surface area contributed by atoms with Crippen molar-refractivity contribution in [3.8, 4) is 0 Å². The van der Waals surface area contributed by atoms with Gasteiger partial charge in [0.2, 0.25) is 18.2 Å². The van der Waals surface area contributed by atoms with E-state index in [2.05, 4.69) is 10.2 Å². The van der Waals surface area contributed by atoms with Gasteiger partial charge in [-0.25, -0.2) is 9.29 Å². The van der Waals surface area contributed by atoms with Gasteiger partial charge in [0.25, 0.3) is 0 Å². The summed E-state index contributed by atoms with van der Waals surface area (Å²) in [5.74, 6) is -2.73. The van der Waals surface area contributed by atoms with Crippen molar-refractivity contribution in [1.29, 1.82) is 0 Å². The Morgan fingerprint density at radius 2 is 1.85 bits per heavy atom. The van der Waals surface area contributed by atoms with E-state index in [-0.39, 0.29) is 17.5 Å². The number of amides is 3. The maximum atomic E-state index is 15.5. The van der Waals surface area contributed by atoms with Crippen LogP contribution >= 0.6 is 23.2 Å². The molecule has 3 fully saturated rings. The number of carbonyl (C=O) groups is 3. The number of hydrogen-bond donors (Lipinski definition) is 1. The highest BCUT2D eigenvalue weighted by Gasteiger charge is 2.69. The molecule has 3 aliphatic rings. The van der Waals surface area contributed by atoms with Crippen LogP contribution in [-0.4, -0.2) is 35.7 Å². The second-order valence-corrected chi connectivity index (χ2v) is 9.94. The van der Waals surface area contributed by atoms with Gasteiger partial charge >= 0.3 is 0 Å². The third-order valence-corrected chi connectivity index (χ3v) is 7.88. The van der Waals surface area contributed by atoms with Crippen LogP contribution in [0.4, 0.5) is 15.8 Å². The molecule has 0 aliphatic carbocycles. The van der Waals surface area contributed by atoms with Crippen LogP contribution in [0.3, 0.4) is 0 Å². The third-order valence-electron chi connectivity index (χ3n) is 7.44. The summed E-state index contributed by atoms with van der Waals surface area (Å²) in [6, 6.07) is 7.31. The number of imide groups is 1. The van der Waals surface area contributed by atoms with Crippen molar-refractivity contribution in [2.45, 2.75) is 38.3 Å². The molecule has 0 bridgehead atoms. The number of nitrogens with zero attached hydrogens (tertiary/aromatic N) is 2. The summed E-state index contributed by atoms with van der Waals surface area (Å²) in [5.41, 5.74) is 0.426. The topological polar surface area (TPSA) is 69.7 Å². The SMILES string of the molecule is Cc1ccc(F)c(C2(C)C3C(=O)N(c4cc(Cl)cc(Cl)c4)C(=O)C3C3CCCN32)c1NC=O.